The van der Waals surface area contributed by atoms with Gasteiger partial charge in [0.1, 0.15) is 5.52 Å². The van der Waals surface area contributed by atoms with Gasteiger partial charge in [0.05, 0.1) is 0 Å². The number of carbonyl (C=O) groups is 1. The number of oxazole rings is 1. The first-order valence-electron chi connectivity index (χ1n) is 9.24. The molecular weight excluding hydrogens is 396 g/mol. The Bertz CT molecular complexity index is 1040. The molecule has 1 aromatic heterocycles. The Morgan fingerprint density at radius 1 is 1.25 bits per heavy atom. The molecule has 0 saturated carbocycles. The molecule has 1 atom stereocenters. The summed E-state index contributed by atoms with van der Waals surface area (Å²) in [4.78, 5) is 19.3. The molecular formula is C21H21ClN2O3S. The fourth-order valence-corrected chi connectivity index (χ4v) is 4.45. The molecule has 1 aliphatic heterocycles. The third kappa shape index (κ3) is 4.13. The van der Waals surface area contributed by atoms with Crippen molar-refractivity contribution >= 4 is 39.4 Å². The lowest BCUT2D eigenvalue weighted by atomic mass is 9.96. The smallest absolute Gasteiger partial charge is 0.253 e. The third-order valence-corrected chi connectivity index (χ3v) is 6.02. The topological polar surface area (TPSA) is 63.4 Å². The number of rotatable bonds is 4. The van der Waals surface area contributed by atoms with Crippen molar-refractivity contribution in [2.45, 2.75) is 24.5 Å². The summed E-state index contributed by atoms with van der Waals surface area (Å²) in [5.41, 5.74) is 3.08. The van der Waals surface area contributed by atoms with Crippen LogP contribution in [0.2, 0.25) is 5.02 Å². The molecule has 0 aliphatic carbocycles. The minimum Gasteiger partial charge on any atom is -0.440 e. The Morgan fingerprint density at radius 2 is 2.04 bits per heavy atom. The van der Waals surface area contributed by atoms with E-state index < -0.39 is 10.8 Å². The standard InChI is InChI=1S/C21H21ClN2O3S/c1-28(26)13-14-3-2-4-16(11-14)21(25)24-9-7-15(8-10-24)20-23-18-12-17(22)5-6-19(18)27-20/h2-6,11-12,15H,7-10,13H2,1H3/t28-/m1/s1. The van der Waals surface area contributed by atoms with E-state index in [1.165, 1.54) is 0 Å². The second kappa shape index (κ2) is 8.05. The van der Waals surface area contributed by atoms with Crippen LogP contribution < -0.4 is 0 Å². The Hall–Kier alpha value is -2.18. The van der Waals surface area contributed by atoms with Gasteiger partial charge in [-0.2, -0.15) is 0 Å². The van der Waals surface area contributed by atoms with E-state index in [0.717, 1.165) is 35.4 Å². The summed E-state index contributed by atoms with van der Waals surface area (Å²) in [6, 6.07) is 12.9. The number of halogens is 1. The molecule has 1 saturated heterocycles. The van der Waals surface area contributed by atoms with Crippen LogP contribution in [0.1, 0.15) is 40.6 Å². The molecule has 0 N–H and O–H groups in total. The van der Waals surface area contributed by atoms with Crippen molar-refractivity contribution in [1.29, 1.82) is 0 Å². The highest BCUT2D eigenvalue weighted by Crippen LogP contribution is 2.31. The molecule has 4 rings (SSSR count). The number of carbonyl (C=O) groups excluding carboxylic acids is 1. The van der Waals surface area contributed by atoms with E-state index in [0.29, 0.717) is 29.4 Å². The Balaban J connectivity index is 1.43. The molecule has 0 spiro atoms. The van der Waals surface area contributed by atoms with Crippen LogP contribution in [0, 0.1) is 0 Å². The number of fused-ring (bicyclic) bond motifs is 1. The third-order valence-electron chi connectivity index (χ3n) is 5.04. The van der Waals surface area contributed by atoms with Crippen LogP contribution in [0.25, 0.3) is 11.1 Å². The van der Waals surface area contributed by atoms with Crippen molar-refractivity contribution in [2.75, 3.05) is 19.3 Å². The molecule has 7 heteroatoms. The van der Waals surface area contributed by atoms with Crippen LogP contribution in [0.3, 0.4) is 0 Å². The highest BCUT2D eigenvalue weighted by molar-refractivity contribution is 7.83. The van der Waals surface area contributed by atoms with Gasteiger partial charge in [-0.25, -0.2) is 4.98 Å². The van der Waals surface area contributed by atoms with E-state index >= 15 is 0 Å². The van der Waals surface area contributed by atoms with Gasteiger partial charge >= 0.3 is 0 Å². The summed E-state index contributed by atoms with van der Waals surface area (Å²) in [5.74, 6) is 1.40. The monoisotopic (exact) mass is 416 g/mol. The number of amides is 1. The normalized spacial score (nSPS) is 16.4. The summed E-state index contributed by atoms with van der Waals surface area (Å²) >= 11 is 6.02. The molecule has 28 heavy (non-hydrogen) atoms. The highest BCUT2D eigenvalue weighted by atomic mass is 35.5. The first kappa shape index (κ1) is 19.2. The molecule has 146 valence electrons. The summed E-state index contributed by atoms with van der Waals surface area (Å²) in [6.45, 7) is 1.32. The minimum absolute atomic E-state index is 0.0199. The molecule has 1 fully saturated rings. The summed E-state index contributed by atoms with van der Waals surface area (Å²) in [5, 5.41) is 0.641. The fourth-order valence-electron chi connectivity index (χ4n) is 3.63. The van der Waals surface area contributed by atoms with Crippen molar-refractivity contribution in [1.82, 2.24) is 9.88 Å². The van der Waals surface area contributed by atoms with Crippen molar-refractivity contribution in [3.8, 4) is 0 Å². The van der Waals surface area contributed by atoms with Crippen molar-refractivity contribution in [3.63, 3.8) is 0 Å². The van der Waals surface area contributed by atoms with Crippen molar-refractivity contribution in [2.24, 2.45) is 0 Å². The number of aromatic nitrogens is 1. The van der Waals surface area contributed by atoms with E-state index in [2.05, 4.69) is 4.98 Å². The maximum Gasteiger partial charge on any atom is 0.253 e. The van der Waals surface area contributed by atoms with Crippen molar-refractivity contribution < 1.29 is 13.4 Å². The maximum atomic E-state index is 12.9. The molecule has 3 aromatic rings. The summed E-state index contributed by atoms with van der Waals surface area (Å²) in [6.07, 6.45) is 3.29. The first-order chi connectivity index (χ1) is 13.5. The Labute approximate surface area is 171 Å². The van der Waals surface area contributed by atoms with E-state index in [1.807, 2.05) is 35.2 Å². The maximum absolute atomic E-state index is 12.9. The molecule has 2 heterocycles. The number of piperidine rings is 1. The number of hydrogen-bond acceptors (Lipinski definition) is 4. The van der Waals surface area contributed by atoms with Gasteiger partial charge in [-0.1, -0.05) is 23.7 Å². The second-order valence-corrected chi connectivity index (χ2v) is 9.02. The zero-order chi connectivity index (χ0) is 19.7. The number of likely N-dealkylation sites (tertiary alicyclic amines) is 1. The zero-order valence-corrected chi connectivity index (χ0v) is 17.1. The lowest BCUT2D eigenvalue weighted by molar-refractivity contribution is 0.0706. The van der Waals surface area contributed by atoms with E-state index in [4.69, 9.17) is 16.0 Å². The van der Waals surface area contributed by atoms with Crippen molar-refractivity contribution in [3.05, 3.63) is 64.5 Å². The van der Waals surface area contributed by atoms with Crippen LogP contribution in [0.5, 0.6) is 0 Å². The van der Waals surface area contributed by atoms with Gasteiger partial charge < -0.3 is 9.32 Å². The molecule has 2 aromatic carbocycles. The quantitative estimate of drug-likeness (QED) is 0.633. The van der Waals surface area contributed by atoms with Crippen LogP contribution in [-0.2, 0) is 16.6 Å². The van der Waals surface area contributed by atoms with E-state index in [9.17, 15) is 9.00 Å². The van der Waals surface area contributed by atoms with Crippen LogP contribution in [-0.4, -0.2) is 39.3 Å². The van der Waals surface area contributed by atoms with Gasteiger partial charge in [-0.05, 0) is 48.7 Å². The average molecular weight is 417 g/mol. The van der Waals surface area contributed by atoms with Crippen LogP contribution >= 0.6 is 11.6 Å². The Morgan fingerprint density at radius 3 is 2.79 bits per heavy atom. The van der Waals surface area contributed by atoms with E-state index in [-0.39, 0.29) is 11.8 Å². The zero-order valence-electron chi connectivity index (χ0n) is 15.6. The van der Waals surface area contributed by atoms with Gasteiger partial charge in [0.25, 0.3) is 5.91 Å². The summed E-state index contributed by atoms with van der Waals surface area (Å²) < 4.78 is 17.3. The van der Waals surface area contributed by atoms with E-state index in [1.54, 1.807) is 18.4 Å². The van der Waals surface area contributed by atoms with Gasteiger partial charge in [0, 0.05) is 52.4 Å². The number of benzene rings is 2. The van der Waals surface area contributed by atoms with Gasteiger partial charge in [-0.3, -0.25) is 9.00 Å². The number of hydrogen-bond donors (Lipinski definition) is 0. The van der Waals surface area contributed by atoms with Gasteiger partial charge in [-0.15, -0.1) is 0 Å². The molecule has 1 amide bonds. The fraction of sp³-hybridized carbons (Fsp3) is 0.333. The average Bonchev–Trinajstić information content (AvgIpc) is 3.10. The van der Waals surface area contributed by atoms with Gasteiger partial charge in [0.2, 0.25) is 0 Å². The molecule has 5 nitrogen and oxygen atoms in total. The second-order valence-electron chi connectivity index (χ2n) is 7.15. The SMILES string of the molecule is C[S@@](=O)Cc1cccc(C(=O)N2CCC(c3nc4cc(Cl)ccc4o3)CC2)c1. The largest absolute Gasteiger partial charge is 0.440 e. The predicted molar refractivity (Wildman–Crippen MR) is 111 cm³/mol. The molecule has 1 aliphatic rings. The van der Waals surface area contributed by atoms with Gasteiger partial charge in [0.15, 0.2) is 11.5 Å². The van der Waals surface area contributed by atoms with Crippen LogP contribution in [0.4, 0.5) is 0 Å². The number of nitrogens with zero attached hydrogens (tertiary/aromatic N) is 2. The first-order valence-corrected chi connectivity index (χ1v) is 11.3. The minimum atomic E-state index is -0.928. The molecule has 0 unspecified atom stereocenters. The van der Waals surface area contributed by atoms with Crippen LogP contribution in [0.15, 0.2) is 46.9 Å². The highest BCUT2D eigenvalue weighted by Gasteiger charge is 2.27. The lowest BCUT2D eigenvalue weighted by Crippen LogP contribution is -2.38. The molecule has 0 bridgehead atoms. The lowest BCUT2D eigenvalue weighted by Gasteiger charge is -2.30. The molecule has 0 radical (unpaired) electrons. The predicted octanol–water partition coefficient (Wildman–Crippen LogP) is 4.38. The summed E-state index contributed by atoms with van der Waals surface area (Å²) in [7, 11) is -0.928. The Kier molecular flexibility index (Phi) is 5.51.